The Labute approximate surface area is 125 Å². The van der Waals surface area contributed by atoms with Gasteiger partial charge in [0.05, 0.1) is 18.8 Å². The third-order valence-corrected chi connectivity index (χ3v) is 5.10. The molecule has 1 aromatic rings. The van der Waals surface area contributed by atoms with Gasteiger partial charge in [0.2, 0.25) is 0 Å². The van der Waals surface area contributed by atoms with Gasteiger partial charge in [-0.15, -0.1) is 0 Å². The van der Waals surface area contributed by atoms with Gasteiger partial charge in [0.25, 0.3) is 0 Å². The molecule has 0 aromatic heterocycles. The number of carbonyl (C=O) groups excluding carboxylic acids is 1. The van der Waals surface area contributed by atoms with Crippen LogP contribution in [0.25, 0.3) is 6.08 Å². The van der Waals surface area contributed by atoms with Crippen LogP contribution >= 0.6 is 7.60 Å². The van der Waals surface area contributed by atoms with Gasteiger partial charge < -0.3 is 9.05 Å². The molecule has 0 bridgehead atoms. The fourth-order valence-electron chi connectivity index (χ4n) is 2.01. The molecule has 0 unspecified atom stereocenters. The molecule has 120 valence electrons. The van der Waals surface area contributed by atoms with E-state index in [1.54, 1.807) is 0 Å². The van der Waals surface area contributed by atoms with Crippen molar-refractivity contribution >= 4 is 19.5 Å². The Hall–Kier alpha value is -1.43. The van der Waals surface area contributed by atoms with Gasteiger partial charge in [-0.1, -0.05) is 18.2 Å². The van der Waals surface area contributed by atoms with E-state index in [1.807, 2.05) is 0 Å². The molecule has 0 aliphatic carbocycles. The SMILES string of the molecule is CC(=O)/C(=C\c1ccccc1C(F)(F)F)P1(=O)OCCCO1. The number of allylic oxidation sites excluding steroid dienone is 1. The van der Waals surface area contributed by atoms with Crippen molar-refractivity contribution in [1.82, 2.24) is 0 Å². The minimum absolute atomic E-state index is 0.128. The Morgan fingerprint density at radius 1 is 1.23 bits per heavy atom. The zero-order valence-electron chi connectivity index (χ0n) is 11.7. The summed E-state index contributed by atoms with van der Waals surface area (Å²) in [5, 5.41) is -0.371. The molecular weight excluding hydrogens is 320 g/mol. The van der Waals surface area contributed by atoms with Crippen molar-refractivity contribution in [3.63, 3.8) is 0 Å². The minimum atomic E-state index is -4.59. The van der Waals surface area contributed by atoms with Crippen molar-refractivity contribution in [2.75, 3.05) is 13.2 Å². The van der Waals surface area contributed by atoms with Crippen molar-refractivity contribution < 1.29 is 31.6 Å². The first kappa shape index (κ1) is 16.9. The number of carbonyl (C=O) groups is 1. The van der Waals surface area contributed by atoms with Crippen LogP contribution in [0.5, 0.6) is 0 Å². The third kappa shape index (κ3) is 3.66. The molecule has 8 heteroatoms. The van der Waals surface area contributed by atoms with E-state index < -0.39 is 25.1 Å². The summed E-state index contributed by atoms with van der Waals surface area (Å²) in [7, 11) is -3.87. The summed E-state index contributed by atoms with van der Waals surface area (Å²) < 4.78 is 61.6. The molecule has 0 saturated carbocycles. The van der Waals surface area contributed by atoms with E-state index >= 15 is 0 Å². The lowest BCUT2D eigenvalue weighted by Crippen LogP contribution is -2.13. The van der Waals surface area contributed by atoms with E-state index in [2.05, 4.69) is 0 Å². The Morgan fingerprint density at radius 3 is 2.36 bits per heavy atom. The highest BCUT2D eigenvalue weighted by molar-refractivity contribution is 7.60. The second-order valence-corrected chi connectivity index (χ2v) is 6.68. The van der Waals surface area contributed by atoms with Gasteiger partial charge in [-0.05, 0) is 31.1 Å². The van der Waals surface area contributed by atoms with Gasteiger partial charge in [-0.3, -0.25) is 9.36 Å². The molecule has 1 saturated heterocycles. The second-order valence-electron chi connectivity index (χ2n) is 4.69. The standard InChI is InChI=1S/C14H14F3O4P/c1-10(18)13(22(19)20-7-4-8-21-22)9-11-5-2-3-6-12(11)14(15,16)17/h2-3,5-6,9H,4,7-8H2,1H3/b13-9+. The first-order valence-electron chi connectivity index (χ1n) is 6.52. The first-order chi connectivity index (χ1) is 10.2. The summed E-state index contributed by atoms with van der Waals surface area (Å²) in [4.78, 5) is 11.7. The van der Waals surface area contributed by atoms with Gasteiger partial charge >= 0.3 is 13.8 Å². The molecule has 4 nitrogen and oxygen atoms in total. The van der Waals surface area contributed by atoms with Crippen LogP contribution in [0.15, 0.2) is 29.6 Å². The average molecular weight is 334 g/mol. The average Bonchev–Trinajstić information content (AvgIpc) is 2.44. The van der Waals surface area contributed by atoms with Crippen LogP contribution < -0.4 is 0 Å². The largest absolute Gasteiger partial charge is 0.416 e. The van der Waals surface area contributed by atoms with Crippen LogP contribution in [0.2, 0.25) is 0 Å². The van der Waals surface area contributed by atoms with E-state index in [4.69, 9.17) is 9.05 Å². The molecule has 1 aromatic carbocycles. The molecule has 0 atom stereocenters. The number of alkyl halides is 3. The molecule has 22 heavy (non-hydrogen) atoms. The number of ketones is 1. The topological polar surface area (TPSA) is 52.6 Å². The molecule has 2 rings (SSSR count). The first-order valence-corrected chi connectivity index (χ1v) is 8.07. The highest BCUT2D eigenvalue weighted by Crippen LogP contribution is 2.58. The number of Topliss-reactive ketones (excluding diaryl/α,β-unsaturated/α-hetero) is 1. The number of benzene rings is 1. The number of hydrogen-bond donors (Lipinski definition) is 0. The monoisotopic (exact) mass is 334 g/mol. The third-order valence-electron chi connectivity index (χ3n) is 3.03. The lowest BCUT2D eigenvalue weighted by atomic mass is 10.1. The quantitative estimate of drug-likeness (QED) is 0.612. The summed E-state index contributed by atoms with van der Waals surface area (Å²) >= 11 is 0. The summed E-state index contributed by atoms with van der Waals surface area (Å²) in [6.45, 7) is 1.37. The Bertz CT molecular complexity index is 642. The molecule has 0 spiro atoms. The second kappa shape index (κ2) is 6.36. The molecule has 1 heterocycles. The number of hydrogen-bond acceptors (Lipinski definition) is 4. The number of rotatable bonds is 3. The van der Waals surface area contributed by atoms with Crippen LogP contribution in [0.1, 0.15) is 24.5 Å². The van der Waals surface area contributed by atoms with Gasteiger partial charge in [-0.2, -0.15) is 13.2 Å². The van der Waals surface area contributed by atoms with Gasteiger partial charge in [0.1, 0.15) is 5.31 Å². The summed E-state index contributed by atoms with van der Waals surface area (Å²) in [6.07, 6.45) is -3.14. The summed E-state index contributed by atoms with van der Waals surface area (Å²) in [5.41, 5.74) is -1.18. The predicted octanol–water partition coefficient (Wildman–Crippen LogP) is 4.27. The molecule has 1 aliphatic heterocycles. The minimum Gasteiger partial charge on any atom is -0.305 e. The maximum Gasteiger partial charge on any atom is 0.416 e. The van der Waals surface area contributed by atoms with Crippen LogP contribution in [0.3, 0.4) is 0 Å². The Kier molecular flexibility index (Phi) is 4.90. The highest BCUT2D eigenvalue weighted by Gasteiger charge is 2.37. The molecule has 1 fully saturated rings. The van der Waals surface area contributed by atoms with E-state index in [1.165, 1.54) is 18.2 Å². The Morgan fingerprint density at radius 2 is 1.82 bits per heavy atom. The Balaban J connectivity index is 2.53. The predicted molar refractivity (Wildman–Crippen MR) is 74.2 cm³/mol. The fraction of sp³-hybridized carbons (Fsp3) is 0.357. The maximum atomic E-state index is 13.0. The van der Waals surface area contributed by atoms with Crippen molar-refractivity contribution in [2.45, 2.75) is 19.5 Å². The van der Waals surface area contributed by atoms with E-state index in [0.29, 0.717) is 6.42 Å². The van der Waals surface area contributed by atoms with Gasteiger partial charge in [-0.25, -0.2) is 0 Å². The lowest BCUT2D eigenvalue weighted by molar-refractivity contribution is -0.137. The van der Waals surface area contributed by atoms with E-state index in [-0.39, 0.29) is 24.1 Å². The molecule has 0 amide bonds. The van der Waals surface area contributed by atoms with Crippen molar-refractivity contribution in [1.29, 1.82) is 0 Å². The number of halogens is 3. The summed E-state index contributed by atoms with van der Waals surface area (Å²) in [6, 6.07) is 4.73. The van der Waals surface area contributed by atoms with E-state index in [9.17, 15) is 22.5 Å². The van der Waals surface area contributed by atoms with Crippen LogP contribution in [-0.2, 0) is 24.6 Å². The highest BCUT2D eigenvalue weighted by atomic mass is 31.2. The smallest absolute Gasteiger partial charge is 0.305 e. The van der Waals surface area contributed by atoms with Gasteiger partial charge in [0, 0.05) is 0 Å². The van der Waals surface area contributed by atoms with Crippen molar-refractivity contribution in [3.05, 3.63) is 40.7 Å². The molecule has 0 radical (unpaired) electrons. The summed E-state index contributed by atoms with van der Waals surface area (Å²) in [5.74, 6) is -0.651. The zero-order valence-corrected chi connectivity index (χ0v) is 12.6. The molecular formula is C14H14F3O4P. The van der Waals surface area contributed by atoms with Crippen molar-refractivity contribution in [3.8, 4) is 0 Å². The zero-order chi connectivity index (χ0) is 16.4. The fourth-order valence-corrected chi connectivity index (χ4v) is 3.78. The van der Waals surface area contributed by atoms with Gasteiger partial charge in [0.15, 0.2) is 5.78 Å². The molecule has 0 N–H and O–H groups in total. The van der Waals surface area contributed by atoms with E-state index in [0.717, 1.165) is 19.1 Å². The maximum absolute atomic E-state index is 13.0. The van der Waals surface area contributed by atoms with Crippen LogP contribution in [0, 0.1) is 0 Å². The lowest BCUT2D eigenvalue weighted by Gasteiger charge is -2.24. The van der Waals surface area contributed by atoms with Crippen molar-refractivity contribution in [2.24, 2.45) is 0 Å². The van der Waals surface area contributed by atoms with Crippen LogP contribution in [-0.4, -0.2) is 19.0 Å². The van der Waals surface area contributed by atoms with Crippen LogP contribution in [0.4, 0.5) is 13.2 Å². The molecule has 1 aliphatic rings. The normalized spacial score (nSPS) is 19.0.